The van der Waals surface area contributed by atoms with Crippen molar-refractivity contribution < 1.29 is 0 Å². The molecule has 1 aromatic carbocycles. The molecule has 4 heteroatoms. The standard InChI is InChI=1S/C22H36N4/c1-5-23-21(25-19-10-14-26(15-11-19)17(2)3)24-16-22(12-13-22)20-9-7-6-8-18(20)4/h6-9,17,19H,5,10-16H2,1-4H3,(H2,23,24,25). The third kappa shape index (κ3) is 4.59. The summed E-state index contributed by atoms with van der Waals surface area (Å²) in [5, 5.41) is 7.15. The third-order valence-corrected chi connectivity index (χ3v) is 6.05. The maximum absolute atomic E-state index is 4.99. The molecule has 1 saturated carbocycles. The van der Waals surface area contributed by atoms with Gasteiger partial charge >= 0.3 is 0 Å². The lowest BCUT2D eigenvalue weighted by molar-refractivity contribution is 0.167. The van der Waals surface area contributed by atoms with Crippen LogP contribution in [0.3, 0.4) is 0 Å². The molecule has 0 atom stereocenters. The van der Waals surface area contributed by atoms with Crippen LogP contribution in [-0.4, -0.2) is 49.1 Å². The Kier molecular flexibility index (Phi) is 6.23. The molecule has 4 nitrogen and oxygen atoms in total. The lowest BCUT2D eigenvalue weighted by Crippen LogP contribution is -2.50. The second-order valence-corrected chi connectivity index (χ2v) is 8.34. The van der Waals surface area contributed by atoms with Crippen molar-refractivity contribution in [3.63, 3.8) is 0 Å². The second kappa shape index (κ2) is 8.43. The molecular weight excluding hydrogens is 320 g/mol. The predicted molar refractivity (Wildman–Crippen MR) is 111 cm³/mol. The first-order valence-electron chi connectivity index (χ1n) is 10.4. The van der Waals surface area contributed by atoms with Crippen LogP contribution in [0.5, 0.6) is 0 Å². The van der Waals surface area contributed by atoms with Gasteiger partial charge in [0, 0.05) is 37.1 Å². The second-order valence-electron chi connectivity index (χ2n) is 8.34. The summed E-state index contributed by atoms with van der Waals surface area (Å²) in [6.45, 7) is 13.1. The molecule has 0 spiro atoms. The molecule has 1 aliphatic carbocycles. The summed E-state index contributed by atoms with van der Waals surface area (Å²) in [4.78, 5) is 7.56. The van der Waals surface area contributed by atoms with Crippen molar-refractivity contribution in [1.29, 1.82) is 0 Å². The van der Waals surface area contributed by atoms with Gasteiger partial charge in [-0.25, -0.2) is 0 Å². The molecule has 144 valence electrons. The first-order chi connectivity index (χ1) is 12.5. The Balaban J connectivity index is 1.61. The van der Waals surface area contributed by atoms with Gasteiger partial charge in [-0.05, 0) is 64.5 Å². The molecular formula is C22H36N4. The van der Waals surface area contributed by atoms with E-state index in [1.54, 1.807) is 0 Å². The largest absolute Gasteiger partial charge is 0.357 e. The molecule has 3 rings (SSSR count). The summed E-state index contributed by atoms with van der Waals surface area (Å²) in [5.41, 5.74) is 3.17. The molecule has 0 bridgehead atoms. The van der Waals surface area contributed by atoms with Gasteiger partial charge in [-0.1, -0.05) is 24.3 Å². The van der Waals surface area contributed by atoms with Crippen LogP contribution in [0.1, 0.15) is 57.6 Å². The number of guanidine groups is 1. The van der Waals surface area contributed by atoms with Crippen LogP contribution in [0.4, 0.5) is 0 Å². The monoisotopic (exact) mass is 356 g/mol. The topological polar surface area (TPSA) is 39.7 Å². The van der Waals surface area contributed by atoms with Gasteiger partial charge in [0.05, 0.1) is 6.54 Å². The lowest BCUT2D eigenvalue weighted by Gasteiger charge is -2.35. The highest BCUT2D eigenvalue weighted by Crippen LogP contribution is 2.49. The van der Waals surface area contributed by atoms with Crippen LogP contribution in [0, 0.1) is 6.92 Å². The number of piperidine rings is 1. The molecule has 0 unspecified atom stereocenters. The SMILES string of the molecule is CCNC(=NCC1(c2ccccc2C)CC1)NC1CCN(C(C)C)CC1. The van der Waals surface area contributed by atoms with Gasteiger partial charge in [0.25, 0.3) is 0 Å². The minimum absolute atomic E-state index is 0.273. The maximum atomic E-state index is 4.99. The van der Waals surface area contributed by atoms with Crippen molar-refractivity contribution in [2.75, 3.05) is 26.2 Å². The van der Waals surface area contributed by atoms with Gasteiger partial charge < -0.3 is 15.5 Å². The van der Waals surface area contributed by atoms with Crippen molar-refractivity contribution in [3.8, 4) is 0 Å². The maximum Gasteiger partial charge on any atom is 0.191 e. The number of hydrogen-bond donors (Lipinski definition) is 2. The number of aryl methyl sites for hydroxylation is 1. The summed E-state index contributed by atoms with van der Waals surface area (Å²) in [6.07, 6.45) is 4.91. The highest BCUT2D eigenvalue weighted by molar-refractivity contribution is 5.80. The molecule has 26 heavy (non-hydrogen) atoms. The van der Waals surface area contributed by atoms with Gasteiger partial charge in [0.2, 0.25) is 0 Å². The Morgan fingerprint density at radius 1 is 1.23 bits per heavy atom. The molecule has 2 fully saturated rings. The summed E-state index contributed by atoms with van der Waals surface area (Å²) < 4.78 is 0. The zero-order valence-electron chi connectivity index (χ0n) is 17.0. The van der Waals surface area contributed by atoms with Crippen LogP contribution in [0.25, 0.3) is 0 Å². The summed E-state index contributed by atoms with van der Waals surface area (Å²) >= 11 is 0. The fourth-order valence-corrected chi connectivity index (χ4v) is 4.14. The zero-order chi connectivity index (χ0) is 18.6. The summed E-state index contributed by atoms with van der Waals surface area (Å²) in [6, 6.07) is 10.0. The average molecular weight is 357 g/mol. The smallest absolute Gasteiger partial charge is 0.191 e. The first kappa shape index (κ1) is 19.2. The van der Waals surface area contributed by atoms with Gasteiger partial charge in [-0.3, -0.25) is 4.99 Å². The first-order valence-corrected chi connectivity index (χ1v) is 10.4. The predicted octanol–water partition coefficient (Wildman–Crippen LogP) is 3.45. The Labute approximate surface area is 159 Å². The Morgan fingerprint density at radius 2 is 1.92 bits per heavy atom. The van der Waals surface area contributed by atoms with Gasteiger partial charge in [-0.15, -0.1) is 0 Å². The molecule has 1 aliphatic heterocycles. The van der Waals surface area contributed by atoms with Crippen LogP contribution in [0.2, 0.25) is 0 Å². The highest BCUT2D eigenvalue weighted by atomic mass is 15.2. The number of aliphatic imine (C=N–C) groups is 1. The zero-order valence-corrected chi connectivity index (χ0v) is 17.0. The van der Waals surface area contributed by atoms with Gasteiger partial charge in [-0.2, -0.15) is 0 Å². The van der Waals surface area contributed by atoms with Crippen molar-refractivity contribution >= 4 is 5.96 Å². The molecule has 1 aromatic rings. The van der Waals surface area contributed by atoms with Crippen molar-refractivity contribution in [3.05, 3.63) is 35.4 Å². The number of benzene rings is 1. The van der Waals surface area contributed by atoms with Crippen molar-refractivity contribution in [2.24, 2.45) is 4.99 Å². The minimum atomic E-state index is 0.273. The van der Waals surface area contributed by atoms with Gasteiger partial charge in [0.15, 0.2) is 5.96 Å². The normalized spacial score (nSPS) is 21.0. The molecule has 2 N–H and O–H groups in total. The molecule has 0 aromatic heterocycles. The molecule has 1 heterocycles. The van der Waals surface area contributed by atoms with E-state index in [2.05, 4.69) is 67.5 Å². The van der Waals surface area contributed by atoms with E-state index in [0.717, 1.165) is 19.0 Å². The molecule has 0 amide bonds. The van der Waals surface area contributed by atoms with E-state index in [1.807, 2.05) is 0 Å². The number of nitrogens with zero attached hydrogens (tertiary/aromatic N) is 2. The summed E-state index contributed by atoms with van der Waals surface area (Å²) in [7, 11) is 0. The fraction of sp³-hybridized carbons (Fsp3) is 0.682. The van der Waals surface area contributed by atoms with Crippen molar-refractivity contribution in [1.82, 2.24) is 15.5 Å². The number of likely N-dealkylation sites (tertiary alicyclic amines) is 1. The Morgan fingerprint density at radius 3 is 2.50 bits per heavy atom. The van der Waals surface area contributed by atoms with Crippen LogP contribution >= 0.6 is 0 Å². The van der Waals surface area contributed by atoms with E-state index in [9.17, 15) is 0 Å². The fourth-order valence-electron chi connectivity index (χ4n) is 4.14. The molecule has 1 saturated heterocycles. The van der Waals surface area contributed by atoms with E-state index in [1.165, 1.54) is 49.9 Å². The lowest BCUT2D eigenvalue weighted by atomic mass is 9.92. The highest BCUT2D eigenvalue weighted by Gasteiger charge is 2.44. The van der Waals surface area contributed by atoms with E-state index < -0.39 is 0 Å². The van der Waals surface area contributed by atoms with E-state index in [0.29, 0.717) is 12.1 Å². The van der Waals surface area contributed by atoms with Crippen molar-refractivity contribution in [2.45, 2.75) is 70.9 Å². The molecule has 2 aliphatic rings. The minimum Gasteiger partial charge on any atom is -0.357 e. The van der Waals surface area contributed by atoms with E-state index in [4.69, 9.17) is 4.99 Å². The quantitative estimate of drug-likeness (QED) is 0.606. The molecule has 0 radical (unpaired) electrons. The van der Waals surface area contributed by atoms with Gasteiger partial charge in [0.1, 0.15) is 0 Å². The Bertz CT molecular complexity index is 610. The average Bonchev–Trinajstić information content (AvgIpc) is 3.42. The van der Waals surface area contributed by atoms with Crippen LogP contribution in [-0.2, 0) is 5.41 Å². The van der Waals surface area contributed by atoms with E-state index >= 15 is 0 Å². The number of hydrogen-bond acceptors (Lipinski definition) is 2. The van der Waals surface area contributed by atoms with Crippen LogP contribution in [0.15, 0.2) is 29.3 Å². The summed E-state index contributed by atoms with van der Waals surface area (Å²) in [5.74, 6) is 0.996. The number of nitrogens with one attached hydrogen (secondary N) is 2. The van der Waals surface area contributed by atoms with E-state index in [-0.39, 0.29) is 5.41 Å². The Hall–Kier alpha value is -1.55. The number of rotatable bonds is 6. The van der Waals surface area contributed by atoms with Crippen LogP contribution < -0.4 is 10.6 Å². The third-order valence-electron chi connectivity index (χ3n) is 6.05.